The molecule has 2 aromatic rings. The van der Waals surface area contributed by atoms with E-state index in [1.54, 1.807) is 0 Å². The fourth-order valence-electron chi connectivity index (χ4n) is 1.33. The Morgan fingerprint density at radius 2 is 2.25 bits per heavy atom. The summed E-state index contributed by atoms with van der Waals surface area (Å²) in [5.74, 6) is 0.775. The Hall–Kier alpha value is -1.55. The summed E-state index contributed by atoms with van der Waals surface area (Å²) < 4.78 is 5.70. The maximum atomic E-state index is 5.81. The number of aromatic nitrogens is 1. The first kappa shape index (κ1) is 11.0. The van der Waals surface area contributed by atoms with E-state index in [-0.39, 0.29) is 0 Å². The zero-order chi connectivity index (χ0) is 11.5. The zero-order valence-electron chi connectivity index (χ0n) is 9.36. The van der Waals surface area contributed by atoms with Crippen LogP contribution in [0, 0.1) is 6.92 Å². The number of nitrogens with zero attached hydrogens (tertiary/aromatic N) is 1. The minimum atomic E-state index is 0.672. The minimum absolute atomic E-state index is 0.672. The summed E-state index contributed by atoms with van der Waals surface area (Å²) in [6, 6.07) is 5.65. The predicted octanol–water partition coefficient (Wildman–Crippen LogP) is 3.39. The van der Waals surface area contributed by atoms with Crippen LogP contribution in [0.4, 0.5) is 5.69 Å². The maximum absolute atomic E-state index is 5.81. The van der Waals surface area contributed by atoms with E-state index >= 15 is 0 Å². The third-order valence-electron chi connectivity index (χ3n) is 2.42. The smallest absolute Gasteiger partial charge is 0.278 e. The van der Waals surface area contributed by atoms with Gasteiger partial charge in [0.15, 0.2) is 0 Å². The van der Waals surface area contributed by atoms with Crippen molar-refractivity contribution >= 4 is 17.0 Å². The molecule has 0 radical (unpaired) electrons. The average Bonchev–Trinajstić information content (AvgIpc) is 2.73. The van der Waals surface area contributed by atoms with Crippen LogP contribution < -0.4 is 10.5 Å². The van der Waals surface area contributed by atoms with Crippen molar-refractivity contribution < 1.29 is 4.74 Å². The molecule has 0 unspecified atom stereocenters. The molecule has 16 heavy (non-hydrogen) atoms. The monoisotopic (exact) mass is 234 g/mol. The lowest BCUT2D eigenvalue weighted by molar-refractivity contribution is 0.474. The standard InChI is InChI=1S/C12H14N2OS/c1-3-9-7-16-12(14-9)15-11-6-4-5-10(13)8(11)2/h4-7H,3,13H2,1-2H3. The molecule has 4 heteroatoms. The number of rotatable bonds is 3. The lowest BCUT2D eigenvalue weighted by Crippen LogP contribution is -1.93. The predicted molar refractivity (Wildman–Crippen MR) is 67.2 cm³/mol. The van der Waals surface area contributed by atoms with Gasteiger partial charge in [0.1, 0.15) is 5.75 Å². The van der Waals surface area contributed by atoms with Gasteiger partial charge in [0.2, 0.25) is 0 Å². The molecule has 0 saturated heterocycles. The highest BCUT2D eigenvalue weighted by Crippen LogP contribution is 2.30. The quantitative estimate of drug-likeness (QED) is 0.828. The second kappa shape index (κ2) is 4.53. The summed E-state index contributed by atoms with van der Waals surface area (Å²) in [6.07, 6.45) is 0.926. The Morgan fingerprint density at radius 3 is 2.94 bits per heavy atom. The van der Waals surface area contributed by atoms with Crippen molar-refractivity contribution in [1.29, 1.82) is 0 Å². The molecule has 1 aromatic heterocycles. The molecule has 3 nitrogen and oxygen atoms in total. The molecule has 0 spiro atoms. The van der Waals surface area contributed by atoms with Gasteiger partial charge in [-0.2, -0.15) is 0 Å². The molecule has 0 aliphatic carbocycles. The van der Waals surface area contributed by atoms with E-state index in [1.165, 1.54) is 11.3 Å². The SMILES string of the molecule is CCc1csc(Oc2cccc(N)c2C)n1. The highest BCUT2D eigenvalue weighted by molar-refractivity contribution is 7.11. The maximum Gasteiger partial charge on any atom is 0.278 e. The molecule has 84 valence electrons. The molecule has 0 aliphatic heterocycles. The molecular weight excluding hydrogens is 220 g/mol. The van der Waals surface area contributed by atoms with Gasteiger partial charge in [-0.1, -0.05) is 24.3 Å². The second-order valence-electron chi connectivity index (χ2n) is 3.53. The highest BCUT2D eigenvalue weighted by Gasteiger charge is 2.06. The van der Waals surface area contributed by atoms with Crippen molar-refractivity contribution in [3.05, 3.63) is 34.8 Å². The summed E-state index contributed by atoms with van der Waals surface area (Å²) in [5.41, 5.74) is 8.56. The van der Waals surface area contributed by atoms with Crippen molar-refractivity contribution in [1.82, 2.24) is 4.98 Å². The molecule has 1 heterocycles. The van der Waals surface area contributed by atoms with Crippen LogP contribution in [0.25, 0.3) is 0 Å². The summed E-state index contributed by atoms with van der Waals surface area (Å²) in [5, 5.41) is 2.68. The van der Waals surface area contributed by atoms with Crippen molar-refractivity contribution in [2.45, 2.75) is 20.3 Å². The number of benzene rings is 1. The number of hydrogen-bond donors (Lipinski definition) is 1. The van der Waals surface area contributed by atoms with Crippen LogP contribution in [-0.2, 0) is 6.42 Å². The Bertz CT molecular complexity index is 494. The topological polar surface area (TPSA) is 48.1 Å². The van der Waals surface area contributed by atoms with Crippen LogP contribution in [0.3, 0.4) is 0 Å². The molecule has 0 bridgehead atoms. The minimum Gasteiger partial charge on any atom is -0.431 e. The van der Waals surface area contributed by atoms with Gasteiger partial charge < -0.3 is 10.5 Å². The van der Waals surface area contributed by atoms with E-state index < -0.39 is 0 Å². The van der Waals surface area contributed by atoms with Crippen LogP contribution in [0.2, 0.25) is 0 Å². The van der Waals surface area contributed by atoms with Crippen molar-refractivity contribution in [2.75, 3.05) is 5.73 Å². The van der Waals surface area contributed by atoms with E-state index in [0.29, 0.717) is 5.19 Å². The number of hydrogen-bond acceptors (Lipinski definition) is 4. The van der Waals surface area contributed by atoms with Gasteiger partial charge in [-0.15, -0.1) is 0 Å². The summed E-state index contributed by atoms with van der Waals surface area (Å²) in [7, 11) is 0. The van der Waals surface area contributed by atoms with E-state index in [0.717, 1.165) is 29.1 Å². The summed E-state index contributed by atoms with van der Waals surface area (Å²) in [6.45, 7) is 4.02. The van der Waals surface area contributed by atoms with Gasteiger partial charge >= 0.3 is 0 Å². The fourth-order valence-corrected chi connectivity index (χ4v) is 2.10. The number of thiazole rings is 1. The molecule has 2 N–H and O–H groups in total. The van der Waals surface area contributed by atoms with Crippen LogP contribution >= 0.6 is 11.3 Å². The van der Waals surface area contributed by atoms with Gasteiger partial charge in [-0.25, -0.2) is 4.98 Å². The van der Waals surface area contributed by atoms with Crippen molar-refractivity contribution in [3.8, 4) is 10.9 Å². The molecule has 2 rings (SSSR count). The van der Waals surface area contributed by atoms with Crippen molar-refractivity contribution in [2.24, 2.45) is 0 Å². The Balaban J connectivity index is 2.23. The first-order chi connectivity index (χ1) is 7.70. The van der Waals surface area contributed by atoms with Crippen LogP contribution in [0.15, 0.2) is 23.6 Å². The lowest BCUT2D eigenvalue weighted by Gasteiger charge is -2.07. The molecule has 0 amide bonds. The third-order valence-corrected chi connectivity index (χ3v) is 3.18. The van der Waals surface area contributed by atoms with Gasteiger partial charge in [-0.05, 0) is 25.5 Å². The van der Waals surface area contributed by atoms with E-state index in [9.17, 15) is 0 Å². The van der Waals surface area contributed by atoms with Gasteiger partial charge in [0.25, 0.3) is 5.19 Å². The summed E-state index contributed by atoms with van der Waals surface area (Å²) in [4.78, 5) is 4.35. The first-order valence-corrected chi connectivity index (χ1v) is 6.06. The lowest BCUT2D eigenvalue weighted by atomic mass is 10.2. The number of nitrogen functional groups attached to an aromatic ring is 1. The van der Waals surface area contributed by atoms with E-state index in [1.807, 2.05) is 30.5 Å². The molecule has 0 aliphatic rings. The molecule has 1 aromatic carbocycles. The zero-order valence-corrected chi connectivity index (χ0v) is 10.2. The Kier molecular flexibility index (Phi) is 3.10. The second-order valence-corrected chi connectivity index (χ2v) is 4.35. The normalized spacial score (nSPS) is 10.4. The van der Waals surface area contributed by atoms with E-state index in [4.69, 9.17) is 10.5 Å². The number of aryl methyl sites for hydroxylation is 1. The first-order valence-electron chi connectivity index (χ1n) is 5.18. The van der Waals surface area contributed by atoms with Gasteiger partial charge in [0.05, 0.1) is 5.69 Å². The fraction of sp³-hybridized carbons (Fsp3) is 0.250. The average molecular weight is 234 g/mol. The van der Waals surface area contributed by atoms with Crippen LogP contribution in [0.1, 0.15) is 18.2 Å². The molecule has 0 fully saturated rings. The molecule has 0 saturated carbocycles. The molecular formula is C12H14N2OS. The van der Waals surface area contributed by atoms with Crippen molar-refractivity contribution in [3.63, 3.8) is 0 Å². The Morgan fingerprint density at radius 1 is 1.44 bits per heavy atom. The number of nitrogens with two attached hydrogens (primary N) is 1. The summed E-state index contributed by atoms with van der Waals surface area (Å²) >= 11 is 1.51. The van der Waals surface area contributed by atoms with Gasteiger partial charge in [-0.3, -0.25) is 0 Å². The van der Waals surface area contributed by atoms with E-state index in [2.05, 4.69) is 11.9 Å². The van der Waals surface area contributed by atoms with Crippen LogP contribution in [-0.4, -0.2) is 4.98 Å². The van der Waals surface area contributed by atoms with Gasteiger partial charge in [0, 0.05) is 16.6 Å². The van der Waals surface area contributed by atoms with Crippen LogP contribution in [0.5, 0.6) is 10.9 Å². The third kappa shape index (κ3) is 2.17. The molecule has 0 atom stereocenters. The largest absolute Gasteiger partial charge is 0.431 e. The highest BCUT2D eigenvalue weighted by atomic mass is 32.1. The Labute approximate surface area is 98.9 Å². The number of anilines is 1. The number of ether oxygens (including phenoxy) is 1.